The van der Waals surface area contributed by atoms with Gasteiger partial charge in [-0.15, -0.1) is 0 Å². The van der Waals surface area contributed by atoms with Crippen LogP contribution in [0.3, 0.4) is 0 Å². The van der Waals surface area contributed by atoms with Gasteiger partial charge in [0.1, 0.15) is 17.6 Å². The highest BCUT2D eigenvalue weighted by atomic mass is 16.6. The molecule has 11 heteroatoms. The fraction of sp³-hybridized carbons (Fsp3) is 0.407. The fourth-order valence-corrected chi connectivity index (χ4v) is 4.89. The highest BCUT2D eigenvalue weighted by Gasteiger charge is 2.43. The molecule has 0 unspecified atom stereocenters. The van der Waals surface area contributed by atoms with Gasteiger partial charge in [0.2, 0.25) is 5.91 Å². The van der Waals surface area contributed by atoms with Crippen molar-refractivity contribution in [3.63, 3.8) is 0 Å². The first-order valence-electron chi connectivity index (χ1n) is 12.5. The Balaban J connectivity index is 1.17. The second kappa shape index (κ2) is 9.78. The van der Waals surface area contributed by atoms with Crippen LogP contribution in [0.1, 0.15) is 42.3 Å². The topological polar surface area (TPSA) is 144 Å². The number of rotatable bonds is 4. The number of H-pyrrole nitrogens is 1. The number of nitrogens with zero attached hydrogens (tertiary/aromatic N) is 5. The molecule has 1 aromatic heterocycles. The van der Waals surface area contributed by atoms with E-state index in [1.165, 1.54) is 0 Å². The number of nitrogens with one attached hydrogen (secondary N) is 2. The smallest absolute Gasteiger partial charge is 0.410 e. The van der Waals surface area contributed by atoms with Gasteiger partial charge in [-0.05, 0) is 30.3 Å². The summed E-state index contributed by atoms with van der Waals surface area (Å²) in [5.74, 6) is 0.106. The van der Waals surface area contributed by atoms with Crippen LogP contribution in [0.5, 0.6) is 0 Å². The van der Waals surface area contributed by atoms with Crippen LogP contribution in [-0.4, -0.2) is 69.3 Å². The van der Waals surface area contributed by atoms with Crippen molar-refractivity contribution in [2.75, 3.05) is 31.5 Å². The third kappa shape index (κ3) is 5.02. The lowest BCUT2D eigenvalue weighted by molar-refractivity contribution is -0.123. The van der Waals surface area contributed by atoms with Gasteiger partial charge < -0.3 is 19.9 Å². The van der Waals surface area contributed by atoms with Gasteiger partial charge >= 0.3 is 6.09 Å². The largest absolute Gasteiger partial charge is 0.444 e. The Labute approximate surface area is 219 Å². The molecule has 0 saturated carbocycles. The maximum Gasteiger partial charge on any atom is 0.410 e. The van der Waals surface area contributed by atoms with Crippen molar-refractivity contribution in [2.45, 2.75) is 27.4 Å². The van der Waals surface area contributed by atoms with E-state index in [0.717, 1.165) is 0 Å². The Hall–Kier alpha value is -4.46. The van der Waals surface area contributed by atoms with E-state index in [-0.39, 0.29) is 30.3 Å². The molecule has 2 N–H and O–H groups in total. The van der Waals surface area contributed by atoms with Crippen molar-refractivity contribution in [3.05, 3.63) is 53.1 Å². The van der Waals surface area contributed by atoms with E-state index < -0.39 is 11.5 Å². The van der Waals surface area contributed by atoms with Gasteiger partial charge in [-0.1, -0.05) is 26.8 Å². The van der Waals surface area contributed by atoms with Crippen molar-refractivity contribution < 1.29 is 19.1 Å². The monoisotopic (exact) mass is 515 g/mol. The molecule has 11 nitrogen and oxygen atoms in total. The Morgan fingerprint density at radius 1 is 1.03 bits per heavy atom. The van der Waals surface area contributed by atoms with E-state index in [9.17, 15) is 19.6 Å². The minimum atomic E-state index is -0.623. The van der Waals surface area contributed by atoms with Crippen LogP contribution in [0.2, 0.25) is 0 Å². The van der Waals surface area contributed by atoms with Crippen molar-refractivity contribution in [1.29, 1.82) is 5.26 Å². The third-order valence-electron chi connectivity index (χ3n) is 7.11. The van der Waals surface area contributed by atoms with E-state index in [0.29, 0.717) is 59.6 Å². The lowest BCUT2D eigenvalue weighted by atomic mass is 9.95. The van der Waals surface area contributed by atoms with E-state index in [1.807, 2.05) is 4.90 Å². The van der Waals surface area contributed by atoms with Gasteiger partial charge in [0.15, 0.2) is 0 Å². The number of ether oxygens (including phenoxy) is 1. The number of hydrogen-bond acceptors (Lipinski definition) is 7. The third-order valence-corrected chi connectivity index (χ3v) is 7.11. The highest BCUT2D eigenvalue weighted by Crippen LogP contribution is 2.33. The number of nitriles is 1. The maximum atomic E-state index is 13.0. The molecule has 3 aromatic rings. The average Bonchev–Trinajstić information content (AvgIpc) is 3.61. The van der Waals surface area contributed by atoms with Gasteiger partial charge in [-0.3, -0.25) is 9.59 Å². The minimum absolute atomic E-state index is 0.0364. The normalized spacial score (nSPS) is 18.8. The summed E-state index contributed by atoms with van der Waals surface area (Å²) in [4.78, 5) is 41.9. The average molecular weight is 516 g/mol. The Kier molecular flexibility index (Phi) is 6.48. The second-order valence-electron chi connectivity index (χ2n) is 10.9. The Bertz CT molecular complexity index is 1440. The van der Waals surface area contributed by atoms with E-state index in [2.05, 4.69) is 26.8 Å². The molecule has 0 aliphatic carbocycles. The van der Waals surface area contributed by atoms with Crippen molar-refractivity contribution in [3.8, 4) is 6.07 Å². The van der Waals surface area contributed by atoms with Gasteiger partial charge in [-0.25, -0.2) is 4.79 Å². The molecule has 2 aliphatic rings. The lowest BCUT2D eigenvalue weighted by Gasteiger charge is -2.22. The molecule has 196 valence electrons. The number of aromatic amines is 1. The molecule has 0 spiro atoms. The molecule has 3 amide bonds. The summed E-state index contributed by atoms with van der Waals surface area (Å²) in [7, 11) is 0. The Morgan fingerprint density at radius 2 is 1.71 bits per heavy atom. The zero-order valence-corrected chi connectivity index (χ0v) is 21.5. The fourth-order valence-electron chi connectivity index (χ4n) is 4.89. The highest BCUT2D eigenvalue weighted by molar-refractivity contribution is 5.97. The molecule has 5 rings (SSSR count). The molecule has 2 atom stereocenters. The molecule has 3 heterocycles. The standard InChI is InChI=1S/C27H29N7O4/c1-27(2,3)25(36)29-22-8-16(10-28)4-5-18(22)15-38-26(37)34-13-19-11-33(12-20(19)14-34)24(35)17-6-7-21-23(9-17)31-32-30-21/h4-9,19-20H,11-15H2,1-3H3,(H,29,36)(H,30,31,32)/t19-,20-/m0/s1. The van der Waals surface area contributed by atoms with Crippen LogP contribution in [0.15, 0.2) is 36.4 Å². The van der Waals surface area contributed by atoms with Crippen LogP contribution in [0.4, 0.5) is 10.5 Å². The number of amides is 3. The SMILES string of the molecule is CC(C)(C)C(=O)Nc1cc(C#N)ccc1COC(=O)N1C[C@@H]2CN(C(=O)c3ccc4n[nH]nc4c3)C[C@H]2C1. The van der Waals surface area contributed by atoms with Crippen LogP contribution in [0, 0.1) is 28.6 Å². The molecule has 38 heavy (non-hydrogen) atoms. The minimum Gasteiger partial charge on any atom is -0.444 e. The van der Waals surface area contributed by atoms with Crippen LogP contribution >= 0.6 is 0 Å². The number of fused-ring (bicyclic) bond motifs is 2. The number of carbonyl (C=O) groups is 3. The molecule has 2 aliphatic heterocycles. The van der Waals surface area contributed by atoms with E-state index >= 15 is 0 Å². The molecular weight excluding hydrogens is 486 g/mol. The van der Waals surface area contributed by atoms with Gasteiger partial charge in [0, 0.05) is 60.2 Å². The summed E-state index contributed by atoms with van der Waals surface area (Å²) in [6, 6.07) is 12.2. The van der Waals surface area contributed by atoms with Crippen LogP contribution in [-0.2, 0) is 16.1 Å². The molecule has 2 aromatic carbocycles. The summed E-state index contributed by atoms with van der Waals surface area (Å²) in [6.07, 6.45) is -0.439. The quantitative estimate of drug-likeness (QED) is 0.543. The zero-order chi connectivity index (χ0) is 27.0. The number of hydrogen-bond donors (Lipinski definition) is 2. The summed E-state index contributed by atoms with van der Waals surface area (Å²) in [6.45, 7) is 7.52. The summed E-state index contributed by atoms with van der Waals surface area (Å²) < 4.78 is 5.59. The van der Waals surface area contributed by atoms with Crippen LogP contribution < -0.4 is 5.32 Å². The molecule has 0 radical (unpaired) electrons. The van der Waals surface area contributed by atoms with Crippen molar-refractivity contribution >= 4 is 34.6 Å². The number of anilines is 1. The second-order valence-corrected chi connectivity index (χ2v) is 10.9. The first-order valence-corrected chi connectivity index (χ1v) is 12.5. The number of likely N-dealkylation sites (tertiary alicyclic amines) is 2. The predicted molar refractivity (Wildman–Crippen MR) is 138 cm³/mol. The summed E-state index contributed by atoms with van der Waals surface area (Å²) in [5, 5.41) is 22.7. The molecular formula is C27H29N7O4. The number of carbonyl (C=O) groups excluding carboxylic acids is 3. The van der Waals surface area contributed by atoms with E-state index in [1.54, 1.807) is 62.1 Å². The van der Waals surface area contributed by atoms with Crippen molar-refractivity contribution in [1.82, 2.24) is 25.2 Å². The molecule has 2 fully saturated rings. The van der Waals surface area contributed by atoms with Crippen molar-refractivity contribution in [2.24, 2.45) is 17.3 Å². The molecule has 2 saturated heterocycles. The van der Waals surface area contributed by atoms with E-state index in [4.69, 9.17) is 4.74 Å². The predicted octanol–water partition coefficient (Wildman–Crippen LogP) is 3.15. The van der Waals surface area contributed by atoms with Gasteiger partial charge in [0.05, 0.1) is 11.6 Å². The first kappa shape index (κ1) is 25.2. The lowest BCUT2D eigenvalue weighted by Crippen LogP contribution is -2.36. The summed E-state index contributed by atoms with van der Waals surface area (Å²) in [5.41, 5.74) is 2.76. The number of aromatic nitrogens is 3. The number of benzene rings is 2. The summed E-state index contributed by atoms with van der Waals surface area (Å²) >= 11 is 0. The van der Waals surface area contributed by atoms with Gasteiger partial charge in [0.25, 0.3) is 5.91 Å². The van der Waals surface area contributed by atoms with Crippen LogP contribution in [0.25, 0.3) is 11.0 Å². The zero-order valence-electron chi connectivity index (χ0n) is 21.5. The maximum absolute atomic E-state index is 13.0. The van der Waals surface area contributed by atoms with Gasteiger partial charge in [-0.2, -0.15) is 20.7 Å². The molecule has 0 bridgehead atoms. The first-order chi connectivity index (χ1) is 18.1. The Morgan fingerprint density at radius 3 is 2.39 bits per heavy atom.